The Kier molecular flexibility index (Phi) is 4.02. The summed E-state index contributed by atoms with van der Waals surface area (Å²) in [5.41, 5.74) is 3.26. The maximum absolute atomic E-state index is 12.3. The third-order valence-corrected chi connectivity index (χ3v) is 3.64. The zero-order valence-electron chi connectivity index (χ0n) is 11.4. The highest BCUT2D eigenvalue weighted by Crippen LogP contribution is 2.23. The first-order chi connectivity index (χ1) is 8.61. The summed E-state index contributed by atoms with van der Waals surface area (Å²) in [4.78, 5) is 12.3. The number of rotatable bonds is 5. The molecule has 2 N–H and O–H groups in total. The van der Waals surface area contributed by atoms with Gasteiger partial charge in [-0.3, -0.25) is 4.79 Å². The zero-order valence-corrected chi connectivity index (χ0v) is 11.4. The van der Waals surface area contributed by atoms with Gasteiger partial charge in [0.1, 0.15) is 0 Å². The van der Waals surface area contributed by atoms with Crippen LogP contribution in [-0.2, 0) is 6.42 Å². The summed E-state index contributed by atoms with van der Waals surface area (Å²) in [7, 11) is 0. The molecule has 0 aliphatic carbocycles. The number of carbonyl (C=O) groups excluding carboxylic acids is 1. The molecule has 0 amide bonds. The first-order valence-electron chi connectivity index (χ1n) is 6.79. The number of hydrogen-bond acceptors (Lipinski definition) is 3. The third-order valence-electron chi connectivity index (χ3n) is 3.64. The van der Waals surface area contributed by atoms with Crippen LogP contribution >= 0.6 is 0 Å². The van der Waals surface area contributed by atoms with Crippen LogP contribution in [-0.4, -0.2) is 24.4 Å². The second kappa shape index (κ2) is 5.53. The highest BCUT2D eigenvalue weighted by atomic mass is 16.1. The number of hydrogen-bond donors (Lipinski definition) is 2. The summed E-state index contributed by atoms with van der Waals surface area (Å²) >= 11 is 0. The van der Waals surface area contributed by atoms with E-state index < -0.39 is 0 Å². The Balaban J connectivity index is 2.09. The predicted molar refractivity (Wildman–Crippen MR) is 75.3 cm³/mol. The minimum absolute atomic E-state index is 0.118. The standard InChI is InChI=1S/C15H22N2O/c1-4-10(2)17-11(3)15(18)13-5-6-14-12(9-13)7-8-16-14/h5-6,9-11,16-17H,4,7-8H2,1-3H3. The Morgan fingerprint density at radius 3 is 2.94 bits per heavy atom. The van der Waals surface area contributed by atoms with E-state index in [1.54, 1.807) is 0 Å². The lowest BCUT2D eigenvalue weighted by Gasteiger charge is -2.18. The van der Waals surface area contributed by atoms with Crippen LogP contribution in [0.4, 0.5) is 5.69 Å². The van der Waals surface area contributed by atoms with Crippen molar-refractivity contribution in [2.45, 2.75) is 45.7 Å². The number of benzene rings is 1. The van der Waals surface area contributed by atoms with Gasteiger partial charge in [-0.1, -0.05) is 6.92 Å². The Morgan fingerprint density at radius 2 is 2.22 bits per heavy atom. The SMILES string of the molecule is CCC(C)NC(C)C(=O)c1ccc2c(c1)CCN2. The zero-order chi connectivity index (χ0) is 13.1. The molecule has 2 rings (SSSR count). The van der Waals surface area contributed by atoms with Gasteiger partial charge in [0.25, 0.3) is 0 Å². The van der Waals surface area contributed by atoms with Gasteiger partial charge in [0.05, 0.1) is 6.04 Å². The van der Waals surface area contributed by atoms with Crippen molar-refractivity contribution >= 4 is 11.5 Å². The van der Waals surface area contributed by atoms with E-state index in [-0.39, 0.29) is 11.8 Å². The highest BCUT2D eigenvalue weighted by molar-refractivity contribution is 6.00. The first-order valence-corrected chi connectivity index (χ1v) is 6.79. The van der Waals surface area contributed by atoms with Gasteiger partial charge in [-0.25, -0.2) is 0 Å². The van der Waals surface area contributed by atoms with Crippen molar-refractivity contribution in [1.82, 2.24) is 5.32 Å². The quantitative estimate of drug-likeness (QED) is 0.785. The lowest BCUT2D eigenvalue weighted by molar-refractivity contribution is 0.0945. The molecular weight excluding hydrogens is 224 g/mol. The molecule has 0 bridgehead atoms. The average molecular weight is 246 g/mol. The number of anilines is 1. The molecule has 2 atom stereocenters. The Labute approximate surface area is 109 Å². The van der Waals surface area contributed by atoms with E-state index in [0.717, 1.165) is 24.9 Å². The van der Waals surface area contributed by atoms with Crippen molar-refractivity contribution in [3.05, 3.63) is 29.3 Å². The molecule has 0 saturated heterocycles. The Morgan fingerprint density at radius 1 is 1.44 bits per heavy atom. The largest absolute Gasteiger partial charge is 0.384 e. The molecule has 3 nitrogen and oxygen atoms in total. The van der Waals surface area contributed by atoms with Gasteiger partial charge in [0, 0.05) is 23.8 Å². The van der Waals surface area contributed by atoms with Gasteiger partial charge in [-0.2, -0.15) is 0 Å². The van der Waals surface area contributed by atoms with Gasteiger partial charge in [0.2, 0.25) is 0 Å². The maximum Gasteiger partial charge on any atom is 0.179 e. The molecule has 1 heterocycles. The highest BCUT2D eigenvalue weighted by Gasteiger charge is 2.18. The lowest BCUT2D eigenvalue weighted by Crippen LogP contribution is -2.39. The van der Waals surface area contributed by atoms with E-state index in [2.05, 4.69) is 24.5 Å². The van der Waals surface area contributed by atoms with Crippen LogP contribution in [0.25, 0.3) is 0 Å². The summed E-state index contributed by atoms with van der Waals surface area (Å²) in [6, 6.07) is 6.24. The molecule has 0 fully saturated rings. The van der Waals surface area contributed by atoms with Crippen LogP contribution in [0.1, 0.15) is 43.1 Å². The van der Waals surface area contributed by atoms with Gasteiger partial charge in [0.15, 0.2) is 5.78 Å². The minimum atomic E-state index is -0.118. The van der Waals surface area contributed by atoms with E-state index in [9.17, 15) is 4.79 Å². The van der Waals surface area contributed by atoms with Gasteiger partial charge in [-0.15, -0.1) is 0 Å². The number of carbonyl (C=O) groups is 1. The second-order valence-electron chi connectivity index (χ2n) is 5.11. The summed E-state index contributed by atoms with van der Waals surface area (Å²) < 4.78 is 0. The van der Waals surface area contributed by atoms with E-state index in [1.807, 2.05) is 25.1 Å². The fraction of sp³-hybridized carbons (Fsp3) is 0.533. The van der Waals surface area contributed by atoms with Crippen molar-refractivity contribution in [3.8, 4) is 0 Å². The van der Waals surface area contributed by atoms with Crippen molar-refractivity contribution in [2.75, 3.05) is 11.9 Å². The van der Waals surface area contributed by atoms with E-state index in [4.69, 9.17) is 0 Å². The molecule has 2 unspecified atom stereocenters. The summed E-state index contributed by atoms with van der Waals surface area (Å²) in [5.74, 6) is 0.185. The van der Waals surface area contributed by atoms with Crippen LogP contribution < -0.4 is 10.6 Å². The second-order valence-corrected chi connectivity index (χ2v) is 5.11. The molecule has 18 heavy (non-hydrogen) atoms. The predicted octanol–water partition coefficient (Wildman–Crippen LogP) is 2.61. The molecule has 1 aliphatic heterocycles. The number of nitrogens with one attached hydrogen (secondary N) is 2. The maximum atomic E-state index is 12.3. The molecule has 0 saturated carbocycles. The van der Waals surface area contributed by atoms with Gasteiger partial charge in [-0.05, 0) is 50.5 Å². The summed E-state index contributed by atoms with van der Waals surface area (Å²) in [6.07, 6.45) is 2.05. The number of ketones is 1. The normalized spacial score (nSPS) is 16.8. The van der Waals surface area contributed by atoms with E-state index in [1.165, 1.54) is 11.3 Å². The Bertz CT molecular complexity index is 442. The van der Waals surface area contributed by atoms with Crippen molar-refractivity contribution in [2.24, 2.45) is 0 Å². The van der Waals surface area contributed by atoms with Crippen LogP contribution in [0.2, 0.25) is 0 Å². The smallest absolute Gasteiger partial charge is 0.179 e. The molecule has 1 aromatic carbocycles. The van der Waals surface area contributed by atoms with Crippen LogP contribution in [0.5, 0.6) is 0 Å². The monoisotopic (exact) mass is 246 g/mol. The summed E-state index contributed by atoms with van der Waals surface area (Å²) in [5, 5.41) is 6.64. The number of fused-ring (bicyclic) bond motifs is 1. The molecule has 1 aliphatic rings. The molecule has 1 aromatic rings. The fourth-order valence-corrected chi connectivity index (χ4v) is 2.33. The topological polar surface area (TPSA) is 41.1 Å². The minimum Gasteiger partial charge on any atom is -0.384 e. The van der Waals surface area contributed by atoms with Crippen molar-refractivity contribution in [1.29, 1.82) is 0 Å². The fourth-order valence-electron chi connectivity index (χ4n) is 2.33. The van der Waals surface area contributed by atoms with E-state index >= 15 is 0 Å². The first kappa shape index (κ1) is 13.1. The van der Waals surface area contributed by atoms with Crippen molar-refractivity contribution in [3.63, 3.8) is 0 Å². The molecule has 98 valence electrons. The van der Waals surface area contributed by atoms with Crippen LogP contribution in [0.15, 0.2) is 18.2 Å². The molecule has 0 spiro atoms. The average Bonchev–Trinajstić information content (AvgIpc) is 2.84. The van der Waals surface area contributed by atoms with Gasteiger partial charge >= 0.3 is 0 Å². The Hall–Kier alpha value is -1.35. The molecule has 0 aromatic heterocycles. The lowest BCUT2D eigenvalue weighted by atomic mass is 10.0. The van der Waals surface area contributed by atoms with Crippen LogP contribution in [0.3, 0.4) is 0 Å². The molecule has 3 heteroatoms. The van der Waals surface area contributed by atoms with Gasteiger partial charge < -0.3 is 10.6 Å². The number of Topliss-reactive ketones (excluding diaryl/α,β-unsaturated/α-hetero) is 1. The third kappa shape index (κ3) is 2.72. The molecular formula is C15H22N2O. The summed E-state index contributed by atoms with van der Waals surface area (Å²) in [6.45, 7) is 7.15. The molecule has 0 radical (unpaired) electrons. The van der Waals surface area contributed by atoms with Crippen molar-refractivity contribution < 1.29 is 4.79 Å². The van der Waals surface area contributed by atoms with E-state index in [0.29, 0.717) is 6.04 Å². The van der Waals surface area contributed by atoms with Crippen LogP contribution in [0, 0.1) is 0 Å².